The first-order valence-electron chi connectivity index (χ1n) is 5.57. The average molecular weight is 312 g/mol. The molecule has 2 nitrogen and oxygen atoms in total. The number of alkyl halides is 1. The highest BCUT2D eigenvalue weighted by molar-refractivity contribution is 9.09. The minimum absolute atomic E-state index is 0.691. The zero-order valence-corrected chi connectivity index (χ0v) is 12.1. The molecule has 1 heterocycles. The highest BCUT2D eigenvalue weighted by atomic mass is 79.9. The second-order valence-corrected chi connectivity index (χ2v) is 5.19. The molecule has 0 amide bonds. The van der Waals surface area contributed by atoms with E-state index in [1.807, 2.05) is 25.1 Å². The minimum atomic E-state index is 0.691. The van der Waals surface area contributed by atoms with E-state index in [0.29, 0.717) is 6.61 Å². The standard InChI is InChI=1S/C13H14BrNOS/c1-2-16-12-5-3-4-10(8-12)13-15-11(6-7-14)9-17-13/h3-5,8-9H,2,6-7H2,1H3. The molecule has 4 heteroatoms. The number of rotatable bonds is 5. The van der Waals surface area contributed by atoms with E-state index in [9.17, 15) is 0 Å². The Hall–Kier alpha value is -0.870. The third-order valence-corrected chi connectivity index (χ3v) is 3.63. The quantitative estimate of drug-likeness (QED) is 0.774. The maximum Gasteiger partial charge on any atom is 0.123 e. The van der Waals surface area contributed by atoms with Crippen LogP contribution >= 0.6 is 27.3 Å². The predicted molar refractivity (Wildman–Crippen MR) is 76.2 cm³/mol. The van der Waals surface area contributed by atoms with E-state index in [0.717, 1.165) is 33.8 Å². The average Bonchev–Trinajstić information content (AvgIpc) is 2.79. The molecule has 0 aliphatic carbocycles. The fourth-order valence-corrected chi connectivity index (χ4v) is 2.79. The van der Waals surface area contributed by atoms with Crippen molar-refractivity contribution < 1.29 is 4.74 Å². The van der Waals surface area contributed by atoms with Crippen LogP contribution in [0.15, 0.2) is 29.6 Å². The molecule has 0 aliphatic rings. The Labute approximate surface area is 114 Å². The summed E-state index contributed by atoms with van der Waals surface area (Å²) in [6, 6.07) is 8.09. The van der Waals surface area contributed by atoms with Crippen LogP contribution in [-0.2, 0) is 6.42 Å². The van der Waals surface area contributed by atoms with Crippen molar-refractivity contribution in [2.75, 3.05) is 11.9 Å². The second kappa shape index (κ2) is 6.17. The zero-order valence-electron chi connectivity index (χ0n) is 9.65. The fraction of sp³-hybridized carbons (Fsp3) is 0.308. The van der Waals surface area contributed by atoms with Crippen LogP contribution in [0.3, 0.4) is 0 Å². The lowest BCUT2D eigenvalue weighted by Gasteiger charge is -2.03. The summed E-state index contributed by atoms with van der Waals surface area (Å²) in [5, 5.41) is 4.13. The summed E-state index contributed by atoms with van der Waals surface area (Å²) in [4.78, 5) is 4.60. The van der Waals surface area contributed by atoms with Gasteiger partial charge in [0.1, 0.15) is 10.8 Å². The smallest absolute Gasteiger partial charge is 0.123 e. The van der Waals surface area contributed by atoms with Crippen molar-refractivity contribution in [3.05, 3.63) is 35.3 Å². The summed E-state index contributed by atoms with van der Waals surface area (Å²) in [6.45, 7) is 2.68. The number of aromatic nitrogens is 1. The molecular weight excluding hydrogens is 298 g/mol. The summed E-state index contributed by atoms with van der Waals surface area (Å²) in [5.41, 5.74) is 2.27. The van der Waals surface area contributed by atoms with Crippen LogP contribution in [0.25, 0.3) is 10.6 Å². The molecule has 1 aromatic heterocycles. The van der Waals surface area contributed by atoms with Gasteiger partial charge in [0.15, 0.2) is 0 Å². The number of aryl methyl sites for hydroxylation is 1. The number of ether oxygens (including phenoxy) is 1. The summed E-state index contributed by atoms with van der Waals surface area (Å²) < 4.78 is 5.49. The number of hydrogen-bond acceptors (Lipinski definition) is 3. The number of benzene rings is 1. The van der Waals surface area contributed by atoms with E-state index in [4.69, 9.17) is 4.74 Å². The molecular formula is C13H14BrNOS. The number of nitrogens with zero attached hydrogens (tertiary/aromatic N) is 1. The number of hydrogen-bond donors (Lipinski definition) is 0. The molecule has 0 spiro atoms. The van der Waals surface area contributed by atoms with Gasteiger partial charge in [-0.25, -0.2) is 4.98 Å². The van der Waals surface area contributed by atoms with Gasteiger partial charge < -0.3 is 4.74 Å². The van der Waals surface area contributed by atoms with E-state index in [2.05, 4.69) is 32.4 Å². The van der Waals surface area contributed by atoms with Crippen LogP contribution < -0.4 is 4.74 Å². The van der Waals surface area contributed by atoms with E-state index in [-0.39, 0.29) is 0 Å². The lowest BCUT2D eigenvalue weighted by molar-refractivity contribution is 0.340. The first-order chi connectivity index (χ1) is 8.33. The van der Waals surface area contributed by atoms with Crippen LogP contribution in [0, 0.1) is 0 Å². The van der Waals surface area contributed by atoms with Gasteiger partial charge in [-0.3, -0.25) is 0 Å². The topological polar surface area (TPSA) is 22.1 Å². The van der Waals surface area contributed by atoms with Crippen molar-refractivity contribution >= 4 is 27.3 Å². The summed E-state index contributed by atoms with van der Waals surface area (Å²) in [6.07, 6.45) is 0.974. The molecule has 0 aliphatic heterocycles. The molecule has 2 aromatic rings. The maximum absolute atomic E-state index is 5.49. The second-order valence-electron chi connectivity index (χ2n) is 3.54. The third-order valence-electron chi connectivity index (χ3n) is 2.29. The third kappa shape index (κ3) is 3.30. The molecule has 0 N–H and O–H groups in total. The minimum Gasteiger partial charge on any atom is -0.494 e. The number of thiazole rings is 1. The Kier molecular flexibility index (Phi) is 4.57. The van der Waals surface area contributed by atoms with Crippen LogP contribution in [0.1, 0.15) is 12.6 Å². The predicted octanol–water partition coefficient (Wildman–Crippen LogP) is 4.15. The Balaban J connectivity index is 2.22. The molecule has 17 heavy (non-hydrogen) atoms. The van der Waals surface area contributed by atoms with Crippen LogP contribution in [0.4, 0.5) is 0 Å². The van der Waals surface area contributed by atoms with Gasteiger partial charge in [0.05, 0.1) is 12.3 Å². The first kappa shape index (κ1) is 12.6. The van der Waals surface area contributed by atoms with Crippen LogP contribution in [0.5, 0.6) is 5.75 Å². The van der Waals surface area contributed by atoms with E-state index < -0.39 is 0 Å². The number of halogens is 1. The molecule has 1 aromatic carbocycles. The fourth-order valence-electron chi connectivity index (χ4n) is 1.54. The molecule has 90 valence electrons. The normalized spacial score (nSPS) is 10.5. The van der Waals surface area contributed by atoms with E-state index in [1.165, 1.54) is 0 Å². The van der Waals surface area contributed by atoms with Crippen molar-refractivity contribution in [3.8, 4) is 16.3 Å². The van der Waals surface area contributed by atoms with Crippen molar-refractivity contribution in [1.82, 2.24) is 4.98 Å². The highest BCUT2D eigenvalue weighted by Crippen LogP contribution is 2.27. The van der Waals surface area contributed by atoms with Crippen molar-refractivity contribution in [2.45, 2.75) is 13.3 Å². The lowest BCUT2D eigenvalue weighted by atomic mass is 10.2. The summed E-state index contributed by atoms with van der Waals surface area (Å²) in [7, 11) is 0. The van der Waals surface area contributed by atoms with E-state index >= 15 is 0 Å². The SMILES string of the molecule is CCOc1cccc(-c2nc(CCBr)cs2)c1. The van der Waals surface area contributed by atoms with Gasteiger partial charge in [-0.05, 0) is 19.1 Å². The van der Waals surface area contributed by atoms with Gasteiger partial charge in [-0.1, -0.05) is 28.1 Å². The maximum atomic E-state index is 5.49. The van der Waals surface area contributed by atoms with Crippen molar-refractivity contribution in [3.63, 3.8) is 0 Å². The molecule has 0 unspecified atom stereocenters. The van der Waals surface area contributed by atoms with Gasteiger partial charge in [0.2, 0.25) is 0 Å². The Morgan fingerprint density at radius 3 is 3.06 bits per heavy atom. The van der Waals surface area contributed by atoms with Crippen LogP contribution in [-0.4, -0.2) is 16.9 Å². The van der Waals surface area contributed by atoms with Gasteiger partial charge in [-0.2, -0.15) is 0 Å². The summed E-state index contributed by atoms with van der Waals surface area (Å²) in [5.74, 6) is 0.905. The molecule has 0 fully saturated rings. The van der Waals surface area contributed by atoms with Crippen LogP contribution in [0.2, 0.25) is 0 Å². The molecule has 0 bridgehead atoms. The van der Waals surface area contributed by atoms with E-state index in [1.54, 1.807) is 11.3 Å². The Bertz CT molecular complexity index is 484. The van der Waals surface area contributed by atoms with Gasteiger partial charge in [-0.15, -0.1) is 11.3 Å². The molecule has 2 rings (SSSR count). The van der Waals surface area contributed by atoms with Gasteiger partial charge in [0, 0.05) is 22.7 Å². The largest absolute Gasteiger partial charge is 0.494 e. The Morgan fingerprint density at radius 2 is 2.29 bits per heavy atom. The monoisotopic (exact) mass is 311 g/mol. The lowest BCUT2D eigenvalue weighted by Crippen LogP contribution is -1.91. The highest BCUT2D eigenvalue weighted by Gasteiger charge is 2.05. The summed E-state index contributed by atoms with van der Waals surface area (Å²) >= 11 is 5.11. The van der Waals surface area contributed by atoms with Crippen molar-refractivity contribution in [2.24, 2.45) is 0 Å². The van der Waals surface area contributed by atoms with Gasteiger partial charge in [0.25, 0.3) is 0 Å². The molecule has 0 radical (unpaired) electrons. The van der Waals surface area contributed by atoms with Crippen molar-refractivity contribution in [1.29, 1.82) is 0 Å². The molecule has 0 atom stereocenters. The molecule has 0 saturated heterocycles. The zero-order chi connectivity index (χ0) is 12.1. The molecule has 0 saturated carbocycles. The first-order valence-corrected chi connectivity index (χ1v) is 7.57. The Morgan fingerprint density at radius 1 is 1.41 bits per heavy atom. The van der Waals surface area contributed by atoms with Gasteiger partial charge >= 0.3 is 0 Å².